The molecule has 104 valence electrons. The first-order valence-electron chi connectivity index (χ1n) is 6.45. The second-order valence-electron chi connectivity index (χ2n) is 4.63. The molecule has 2 unspecified atom stereocenters. The van der Waals surface area contributed by atoms with E-state index >= 15 is 0 Å². The van der Waals surface area contributed by atoms with Crippen LogP contribution in [-0.2, 0) is 9.53 Å². The molecule has 5 heteroatoms. The van der Waals surface area contributed by atoms with E-state index in [1.807, 2.05) is 0 Å². The Labute approximate surface area is 111 Å². The van der Waals surface area contributed by atoms with Crippen molar-refractivity contribution in [3.05, 3.63) is 35.4 Å². The summed E-state index contributed by atoms with van der Waals surface area (Å²) in [5.74, 6) is -2.50. The van der Waals surface area contributed by atoms with Gasteiger partial charge in [-0.2, -0.15) is 0 Å². The highest BCUT2D eigenvalue weighted by Crippen LogP contribution is 2.31. The van der Waals surface area contributed by atoms with Gasteiger partial charge in [0.2, 0.25) is 0 Å². The Morgan fingerprint density at radius 1 is 1.42 bits per heavy atom. The van der Waals surface area contributed by atoms with Gasteiger partial charge >= 0.3 is 5.97 Å². The van der Waals surface area contributed by atoms with Crippen molar-refractivity contribution in [1.82, 2.24) is 5.32 Å². The lowest BCUT2D eigenvalue weighted by molar-refractivity contribution is -0.149. The van der Waals surface area contributed by atoms with Crippen LogP contribution in [0.1, 0.15) is 24.8 Å². The lowest BCUT2D eigenvalue weighted by atomic mass is 9.81. The second-order valence-corrected chi connectivity index (χ2v) is 4.63. The fourth-order valence-corrected chi connectivity index (χ4v) is 2.48. The highest BCUT2D eigenvalue weighted by Gasteiger charge is 2.33. The first-order valence-corrected chi connectivity index (χ1v) is 6.45. The molecule has 2 atom stereocenters. The number of nitrogens with one attached hydrogen (secondary N) is 1. The molecule has 1 saturated heterocycles. The Hall–Kier alpha value is -1.49. The first-order chi connectivity index (χ1) is 9.13. The van der Waals surface area contributed by atoms with Crippen LogP contribution in [0.25, 0.3) is 0 Å². The molecule has 19 heavy (non-hydrogen) atoms. The summed E-state index contributed by atoms with van der Waals surface area (Å²) in [6.45, 7) is 3.37. The molecular weight excluding hydrogens is 252 g/mol. The van der Waals surface area contributed by atoms with Crippen molar-refractivity contribution in [2.24, 2.45) is 5.92 Å². The van der Waals surface area contributed by atoms with Gasteiger partial charge in [0.1, 0.15) is 0 Å². The van der Waals surface area contributed by atoms with E-state index in [1.165, 1.54) is 12.1 Å². The van der Waals surface area contributed by atoms with Crippen LogP contribution in [0.4, 0.5) is 8.78 Å². The Bertz CT molecular complexity index is 465. The van der Waals surface area contributed by atoms with Crippen LogP contribution in [0.2, 0.25) is 0 Å². The molecule has 1 fully saturated rings. The van der Waals surface area contributed by atoms with Gasteiger partial charge in [-0.1, -0.05) is 6.07 Å². The van der Waals surface area contributed by atoms with Crippen LogP contribution in [0.15, 0.2) is 18.2 Å². The van der Waals surface area contributed by atoms with Crippen molar-refractivity contribution in [2.45, 2.75) is 19.3 Å². The summed E-state index contributed by atoms with van der Waals surface area (Å²) in [6, 6.07) is 3.79. The highest BCUT2D eigenvalue weighted by molar-refractivity contribution is 5.74. The molecule has 1 aliphatic heterocycles. The molecular formula is C14H17F2NO2. The van der Waals surface area contributed by atoms with Crippen molar-refractivity contribution in [3.63, 3.8) is 0 Å². The highest BCUT2D eigenvalue weighted by atomic mass is 19.2. The number of rotatable bonds is 3. The molecule has 1 N–H and O–H groups in total. The fraction of sp³-hybridized carbons (Fsp3) is 0.500. The Balaban J connectivity index is 2.23. The van der Waals surface area contributed by atoms with E-state index < -0.39 is 11.6 Å². The zero-order chi connectivity index (χ0) is 13.8. The fourth-order valence-electron chi connectivity index (χ4n) is 2.48. The lowest BCUT2D eigenvalue weighted by Gasteiger charge is -2.30. The predicted molar refractivity (Wildman–Crippen MR) is 66.7 cm³/mol. The molecule has 2 rings (SSSR count). The van der Waals surface area contributed by atoms with Gasteiger partial charge in [-0.15, -0.1) is 0 Å². The van der Waals surface area contributed by atoms with Gasteiger partial charge in [-0.3, -0.25) is 4.79 Å². The maximum Gasteiger partial charge on any atom is 0.309 e. The lowest BCUT2D eigenvalue weighted by Crippen LogP contribution is -2.39. The number of carbonyl (C=O) groups is 1. The van der Waals surface area contributed by atoms with Gasteiger partial charge in [-0.25, -0.2) is 8.78 Å². The van der Waals surface area contributed by atoms with E-state index in [0.717, 1.165) is 12.6 Å². The molecule has 1 heterocycles. The molecule has 0 spiro atoms. The van der Waals surface area contributed by atoms with Crippen molar-refractivity contribution < 1.29 is 18.3 Å². The van der Waals surface area contributed by atoms with Crippen molar-refractivity contribution in [1.29, 1.82) is 0 Å². The molecule has 1 aliphatic rings. The average Bonchev–Trinajstić information content (AvgIpc) is 2.42. The van der Waals surface area contributed by atoms with Crippen LogP contribution in [-0.4, -0.2) is 25.7 Å². The summed E-state index contributed by atoms with van der Waals surface area (Å²) in [4.78, 5) is 11.9. The normalized spacial score (nSPS) is 23.1. The van der Waals surface area contributed by atoms with Gasteiger partial charge < -0.3 is 10.1 Å². The molecule has 3 nitrogen and oxygen atoms in total. The Morgan fingerprint density at radius 2 is 2.21 bits per heavy atom. The molecule has 1 aromatic carbocycles. The van der Waals surface area contributed by atoms with E-state index in [0.29, 0.717) is 25.1 Å². The molecule has 0 aromatic heterocycles. The quantitative estimate of drug-likeness (QED) is 0.855. The van der Waals surface area contributed by atoms with E-state index in [2.05, 4.69) is 5.32 Å². The minimum atomic E-state index is -0.884. The number of esters is 1. The number of hydrogen-bond donors (Lipinski definition) is 1. The van der Waals surface area contributed by atoms with Crippen LogP contribution in [0.5, 0.6) is 0 Å². The number of piperidine rings is 1. The number of hydrogen-bond acceptors (Lipinski definition) is 3. The van der Waals surface area contributed by atoms with Gasteiger partial charge in [0, 0.05) is 12.5 Å². The van der Waals surface area contributed by atoms with Gasteiger partial charge in [0.05, 0.1) is 12.5 Å². The monoisotopic (exact) mass is 269 g/mol. The minimum absolute atomic E-state index is 0.178. The largest absolute Gasteiger partial charge is 0.466 e. The summed E-state index contributed by atoms with van der Waals surface area (Å²) in [5.41, 5.74) is 0.629. The molecule has 0 radical (unpaired) electrons. The number of carbonyl (C=O) groups excluding carboxylic acids is 1. The summed E-state index contributed by atoms with van der Waals surface area (Å²) in [7, 11) is 0. The molecule has 0 bridgehead atoms. The first kappa shape index (κ1) is 13.9. The zero-order valence-corrected chi connectivity index (χ0v) is 10.8. The van der Waals surface area contributed by atoms with Crippen LogP contribution in [0, 0.1) is 17.6 Å². The predicted octanol–water partition coefficient (Wildman–Crippen LogP) is 2.22. The van der Waals surface area contributed by atoms with Crippen molar-refractivity contribution in [2.75, 3.05) is 19.7 Å². The third-order valence-corrected chi connectivity index (χ3v) is 3.44. The topological polar surface area (TPSA) is 38.3 Å². The summed E-state index contributed by atoms with van der Waals surface area (Å²) < 4.78 is 31.3. The summed E-state index contributed by atoms with van der Waals surface area (Å²) in [5, 5.41) is 3.17. The van der Waals surface area contributed by atoms with Crippen LogP contribution >= 0.6 is 0 Å². The van der Waals surface area contributed by atoms with E-state index in [9.17, 15) is 13.6 Å². The second kappa shape index (κ2) is 6.10. The Morgan fingerprint density at radius 3 is 2.89 bits per heavy atom. The van der Waals surface area contributed by atoms with Gasteiger partial charge in [-0.05, 0) is 37.6 Å². The Kier molecular flexibility index (Phi) is 4.47. The third-order valence-electron chi connectivity index (χ3n) is 3.44. The molecule has 0 amide bonds. The van der Waals surface area contributed by atoms with E-state index in [4.69, 9.17) is 4.74 Å². The van der Waals surface area contributed by atoms with E-state index in [1.54, 1.807) is 6.92 Å². The van der Waals surface area contributed by atoms with E-state index in [-0.39, 0.29) is 17.8 Å². The number of ether oxygens (including phenoxy) is 1. The maximum atomic E-state index is 13.3. The molecule has 0 saturated carbocycles. The SMILES string of the molecule is CCOC(=O)C1CCNCC1c1ccc(F)c(F)c1. The summed E-state index contributed by atoms with van der Waals surface area (Å²) >= 11 is 0. The number of halogens is 2. The van der Waals surface area contributed by atoms with Crippen molar-refractivity contribution in [3.8, 4) is 0 Å². The maximum absolute atomic E-state index is 13.3. The van der Waals surface area contributed by atoms with Gasteiger partial charge in [0.15, 0.2) is 11.6 Å². The van der Waals surface area contributed by atoms with Gasteiger partial charge in [0.25, 0.3) is 0 Å². The molecule has 0 aliphatic carbocycles. The van der Waals surface area contributed by atoms with Crippen LogP contribution < -0.4 is 5.32 Å². The third kappa shape index (κ3) is 3.10. The minimum Gasteiger partial charge on any atom is -0.466 e. The van der Waals surface area contributed by atoms with Crippen LogP contribution in [0.3, 0.4) is 0 Å². The van der Waals surface area contributed by atoms with Crippen molar-refractivity contribution >= 4 is 5.97 Å². The number of benzene rings is 1. The molecule has 1 aromatic rings. The summed E-state index contributed by atoms with van der Waals surface area (Å²) in [6.07, 6.45) is 0.641. The standard InChI is InChI=1S/C14H17F2NO2/c1-2-19-14(18)10-5-6-17-8-11(10)9-3-4-12(15)13(16)7-9/h3-4,7,10-11,17H,2,5-6,8H2,1H3. The smallest absolute Gasteiger partial charge is 0.309 e. The zero-order valence-electron chi connectivity index (χ0n) is 10.8. The average molecular weight is 269 g/mol.